The number of fused-ring (bicyclic) bond motifs is 1. The van der Waals surface area contributed by atoms with Gasteiger partial charge < -0.3 is 14.6 Å². The normalized spacial score (nSPS) is 12.0. The van der Waals surface area contributed by atoms with Crippen LogP contribution in [0, 0.1) is 0 Å². The van der Waals surface area contributed by atoms with Crippen LogP contribution in [0.1, 0.15) is 10.4 Å². The van der Waals surface area contributed by atoms with E-state index in [1.165, 1.54) is 18.0 Å². The Morgan fingerprint density at radius 2 is 2.00 bits per heavy atom. The van der Waals surface area contributed by atoms with Crippen molar-refractivity contribution in [1.82, 2.24) is 9.55 Å². The largest absolute Gasteiger partial charge is 0.491 e. The minimum absolute atomic E-state index is 0.0224. The van der Waals surface area contributed by atoms with Crippen LogP contribution in [-0.4, -0.2) is 40.4 Å². The second kappa shape index (κ2) is 8.20. The fraction of sp³-hybridized carbons (Fsp3) is 0.211. The van der Waals surface area contributed by atoms with E-state index in [1.807, 2.05) is 0 Å². The fourth-order valence-corrected chi connectivity index (χ4v) is 2.71. The zero-order valence-corrected chi connectivity index (χ0v) is 15.2. The standard InChI is InChI=1S/C19H17ClN2O5/c1-26-19(25)12-2-5-15(6-3-12)27-10-14(23)9-22-11-21-17-7-4-13(20)8-16(17)18(22)24/h2-8,11,14,23H,9-10H2,1H3. The van der Waals surface area contributed by atoms with Crippen LogP contribution < -0.4 is 10.3 Å². The summed E-state index contributed by atoms with van der Waals surface area (Å²) in [5.41, 5.74) is 0.652. The Hall–Kier alpha value is -2.90. The third-order valence-electron chi connectivity index (χ3n) is 3.91. The highest BCUT2D eigenvalue weighted by Gasteiger charge is 2.11. The van der Waals surface area contributed by atoms with Gasteiger partial charge in [0, 0.05) is 5.02 Å². The Bertz CT molecular complexity index is 1020. The van der Waals surface area contributed by atoms with Gasteiger partial charge in [-0.25, -0.2) is 9.78 Å². The smallest absolute Gasteiger partial charge is 0.337 e. The second-order valence-corrected chi connectivity index (χ2v) is 6.28. The first-order chi connectivity index (χ1) is 13.0. The van der Waals surface area contributed by atoms with Gasteiger partial charge in [0.15, 0.2) is 0 Å². The number of hydrogen-bond acceptors (Lipinski definition) is 6. The number of nitrogens with zero attached hydrogens (tertiary/aromatic N) is 2. The third-order valence-corrected chi connectivity index (χ3v) is 4.15. The van der Waals surface area contributed by atoms with Crippen LogP contribution in [0.15, 0.2) is 53.6 Å². The zero-order chi connectivity index (χ0) is 19.4. The number of aliphatic hydroxyl groups excluding tert-OH is 1. The van der Waals surface area contributed by atoms with E-state index in [9.17, 15) is 14.7 Å². The van der Waals surface area contributed by atoms with Gasteiger partial charge in [0.05, 0.1) is 36.4 Å². The third kappa shape index (κ3) is 4.45. The summed E-state index contributed by atoms with van der Waals surface area (Å²) >= 11 is 5.93. The highest BCUT2D eigenvalue weighted by atomic mass is 35.5. The molecule has 7 nitrogen and oxygen atoms in total. The summed E-state index contributed by atoms with van der Waals surface area (Å²) < 4.78 is 11.4. The van der Waals surface area contributed by atoms with E-state index in [1.54, 1.807) is 42.5 Å². The molecule has 0 radical (unpaired) electrons. The highest BCUT2D eigenvalue weighted by molar-refractivity contribution is 6.31. The van der Waals surface area contributed by atoms with Gasteiger partial charge in [-0.2, -0.15) is 0 Å². The number of hydrogen-bond donors (Lipinski definition) is 1. The van der Waals surface area contributed by atoms with Crippen molar-refractivity contribution in [1.29, 1.82) is 0 Å². The van der Waals surface area contributed by atoms with Gasteiger partial charge in [-0.1, -0.05) is 11.6 Å². The maximum Gasteiger partial charge on any atom is 0.337 e. The van der Waals surface area contributed by atoms with Crippen molar-refractivity contribution < 1.29 is 19.4 Å². The lowest BCUT2D eigenvalue weighted by molar-refractivity contribution is 0.0600. The Balaban J connectivity index is 1.65. The Morgan fingerprint density at radius 1 is 1.26 bits per heavy atom. The number of esters is 1. The molecule has 1 aromatic heterocycles. The summed E-state index contributed by atoms with van der Waals surface area (Å²) in [6.07, 6.45) is 0.453. The summed E-state index contributed by atoms with van der Waals surface area (Å²) in [7, 11) is 1.31. The predicted octanol–water partition coefficient (Wildman–Crippen LogP) is 2.28. The molecule has 1 unspecified atom stereocenters. The van der Waals surface area contributed by atoms with Crippen molar-refractivity contribution in [3.63, 3.8) is 0 Å². The second-order valence-electron chi connectivity index (χ2n) is 5.84. The lowest BCUT2D eigenvalue weighted by Gasteiger charge is -2.14. The molecule has 8 heteroatoms. The molecule has 27 heavy (non-hydrogen) atoms. The summed E-state index contributed by atoms with van der Waals surface area (Å²) in [5.74, 6) is 0.0438. The maximum atomic E-state index is 12.5. The van der Waals surface area contributed by atoms with Crippen molar-refractivity contribution in [3.8, 4) is 5.75 Å². The maximum absolute atomic E-state index is 12.5. The van der Waals surface area contributed by atoms with Crippen LogP contribution in [0.4, 0.5) is 0 Å². The minimum atomic E-state index is -0.929. The topological polar surface area (TPSA) is 90.7 Å². The van der Waals surface area contributed by atoms with Crippen LogP contribution >= 0.6 is 11.6 Å². The van der Waals surface area contributed by atoms with E-state index < -0.39 is 12.1 Å². The number of aromatic nitrogens is 2. The number of rotatable bonds is 6. The molecule has 0 saturated heterocycles. The lowest BCUT2D eigenvalue weighted by Crippen LogP contribution is -2.30. The summed E-state index contributed by atoms with van der Waals surface area (Å²) in [5, 5.41) is 11.0. The van der Waals surface area contributed by atoms with E-state index in [2.05, 4.69) is 9.72 Å². The van der Waals surface area contributed by atoms with Gasteiger partial charge >= 0.3 is 5.97 Å². The number of carbonyl (C=O) groups excluding carboxylic acids is 1. The molecule has 0 amide bonds. The Kier molecular flexibility index (Phi) is 5.73. The molecule has 0 fully saturated rings. The summed E-state index contributed by atoms with van der Waals surface area (Å²) in [4.78, 5) is 28.1. The first kappa shape index (κ1) is 18.9. The Labute approximate surface area is 159 Å². The van der Waals surface area contributed by atoms with Crippen LogP contribution in [0.5, 0.6) is 5.75 Å². The monoisotopic (exact) mass is 388 g/mol. The molecule has 0 bridgehead atoms. The predicted molar refractivity (Wildman–Crippen MR) is 100 cm³/mol. The average Bonchev–Trinajstić information content (AvgIpc) is 2.68. The van der Waals surface area contributed by atoms with Crippen molar-refractivity contribution in [2.75, 3.05) is 13.7 Å². The molecule has 0 aliphatic carbocycles. The summed E-state index contributed by atoms with van der Waals surface area (Å²) in [6.45, 7) is -0.00781. The molecule has 1 heterocycles. The first-order valence-corrected chi connectivity index (χ1v) is 8.49. The number of ether oxygens (including phenoxy) is 2. The Morgan fingerprint density at radius 3 is 2.70 bits per heavy atom. The molecule has 3 rings (SSSR count). The molecule has 140 valence electrons. The van der Waals surface area contributed by atoms with Crippen molar-refractivity contribution in [2.45, 2.75) is 12.6 Å². The highest BCUT2D eigenvalue weighted by Crippen LogP contribution is 2.15. The molecule has 3 aromatic rings. The van der Waals surface area contributed by atoms with Crippen molar-refractivity contribution >= 4 is 28.5 Å². The van der Waals surface area contributed by atoms with Gasteiger partial charge in [-0.05, 0) is 42.5 Å². The van der Waals surface area contributed by atoms with Crippen LogP contribution in [0.25, 0.3) is 10.9 Å². The number of benzene rings is 2. The zero-order valence-electron chi connectivity index (χ0n) is 14.5. The number of methoxy groups -OCH3 is 1. The lowest BCUT2D eigenvalue weighted by atomic mass is 10.2. The van der Waals surface area contributed by atoms with Crippen LogP contribution in [0.2, 0.25) is 5.02 Å². The van der Waals surface area contributed by atoms with E-state index in [0.717, 1.165) is 0 Å². The molecule has 0 spiro atoms. The molecular formula is C19H17ClN2O5. The van der Waals surface area contributed by atoms with Crippen LogP contribution in [0.3, 0.4) is 0 Å². The average molecular weight is 389 g/mol. The van der Waals surface area contributed by atoms with Gasteiger partial charge in [0.1, 0.15) is 18.5 Å². The molecule has 1 N–H and O–H groups in total. The number of carbonyl (C=O) groups is 1. The fourth-order valence-electron chi connectivity index (χ4n) is 2.54. The summed E-state index contributed by atoms with van der Waals surface area (Å²) in [6, 6.07) is 11.2. The van der Waals surface area contributed by atoms with Gasteiger partial charge in [-0.15, -0.1) is 0 Å². The van der Waals surface area contributed by atoms with E-state index in [-0.39, 0.29) is 18.7 Å². The van der Waals surface area contributed by atoms with E-state index in [0.29, 0.717) is 27.2 Å². The van der Waals surface area contributed by atoms with Gasteiger partial charge in [0.25, 0.3) is 5.56 Å². The SMILES string of the molecule is COC(=O)c1ccc(OCC(O)Cn2cnc3ccc(Cl)cc3c2=O)cc1. The molecule has 2 aromatic carbocycles. The minimum Gasteiger partial charge on any atom is -0.491 e. The number of halogens is 1. The van der Waals surface area contributed by atoms with E-state index in [4.69, 9.17) is 16.3 Å². The molecule has 1 atom stereocenters. The van der Waals surface area contributed by atoms with Gasteiger partial charge in [-0.3, -0.25) is 9.36 Å². The van der Waals surface area contributed by atoms with E-state index >= 15 is 0 Å². The van der Waals surface area contributed by atoms with Gasteiger partial charge in [0.2, 0.25) is 0 Å². The molecular weight excluding hydrogens is 372 g/mol. The first-order valence-electron chi connectivity index (χ1n) is 8.12. The molecule has 0 aliphatic rings. The van der Waals surface area contributed by atoms with Crippen molar-refractivity contribution in [3.05, 3.63) is 69.7 Å². The molecule has 0 saturated carbocycles. The number of aliphatic hydroxyl groups is 1. The quantitative estimate of drug-likeness (QED) is 0.651. The van der Waals surface area contributed by atoms with Crippen molar-refractivity contribution in [2.24, 2.45) is 0 Å². The molecule has 0 aliphatic heterocycles. The van der Waals surface area contributed by atoms with Crippen LogP contribution in [-0.2, 0) is 11.3 Å².